The number of carbonyl (C=O) groups excluding carboxylic acids is 1. The van der Waals surface area contributed by atoms with Gasteiger partial charge in [0.2, 0.25) is 0 Å². The van der Waals surface area contributed by atoms with Crippen molar-refractivity contribution in [2.75, 3.05) is 56.6 Å². The zero-order chi connectivity index (χ0) is 24.1. The van der Waals surface area contributed by atoms with E-state index >= 15 is 0 Å². The molecule has 4 rings (SSSR count). The Morgan fingerprint density at radius 2 is 1.59 bits per heavy atom. The van der Waals surface area contributed by atoms with Crippen LogP contribution in [0.3, 0.4) is 0 Å². The molecule has 0 radical (unpaired) electrons. The van der Waals surface area contributed by atoms with Gasteiger partial charge in [-0.3, -0.25) is 9.69 Å². The molecular weight excluding hydrogens is 434 g/mol. The van der Waals surface area contributed by atoms with Crippen LogP contribution in [0.4, 0.5) is 20.2 Å². The van der Waals surface area contributed by atoms with Crippen molar-refractivity contribution in [3.05, 3.63) is 95.6 Å². The van der Waals surface area contributed by atoms with Crippen molar-refractivity contribution in [1.29, 1.82) is 0 Å². The normalized spacial score (nSPS) is 15.1. The number of hydrogen-bond donors (Lipinski definition) is 1. The summed E-state index contributed by atoms with van der Waals surface area (Å²) in [7, 11) is 3.99. The number of hydrogen-bond acceptors (Lipinski definition) is 4. The van der Waals surface area contributed by atoms with E-state index in [1.807, 2.05) is 37.2 Å². The minimum Gasteiger partial charge on any atom is -0.378 e. The topological polar surface area (TPSA) is 38.8 Å². The number of carbonyl (C=O) groups is 1. The highest BCUT2D eigenvalue weighted by atomic mass is 19.2. The number of anilines is 2. The van der Waals surface area contributed by atoms with Crippen LogP contribution in [-0.4, -0.2) is 57.6 Å². The summed E-state index contributed by atoms with van der Waals surface area (Å²) < 4.78 is 26.9. The number of amides is 1. The molecule has 1 amide bonds. The molecule has 7 heteroatoms. The van der Waals surface area contributed by atoms with Crippen molar-refractivity contribution in [2.24, 2.45) is 0 Å². The largest absolute Gasteiger partial charge is 0.378 e. The lowest BCUT2D eigenvalue weighted by molar-refractivity contribution is 0.0929. The number of nitrogens with one attached hydrogen (secondary N) is 1. The quantitative estimate of drug-likeness (QED) is 0.565. The standard InChI is InChI=1S/C27H30F2N4O/c1-31(2)22-11-8-20(9-12-22)26(19-30-27(34)21-10-13-24(28)25(29)18-21)33-16-14-32(15-17-33)23-6-4-3-5-7-23/h3-13,18,26H,14-17,19H2,1-2H3,(H,30,34)/t26-/m1/s1. The Morgan fingerprint density at radius 3 is 2.21 bits per heavy atom. The number of nitrogens with zero attached hydrogens (tertiary/aromatic N) is 3. The van der Waals surface area contributed by atoms with Gasteiger partial charge in [-0.1, -0.05) is 30.3 Å². The van der Waals surface area contributed by atoms with Gasteiger partial charge >= 0.3 is 0 Å². The van der Waals surface area contributed by atoms with Crippen LogP contribution in [-0.2, 0) is 0 Å². The van der Waals surface area contributed by atoms with Crippen molar-refractivity contribution in [1.82, 2.24) is 10.2 Å². The second-order valence-electron chi connectivity index (χ2n) is 8.70. The molecule has 34 heavy (non-hydrogen) atoms. The monoisotopic (exact) mass is 464 g/mol. The third-order valence-electron chi connectivity index (χ3n) is 6.31. The lowest BCUT2D eigenvalue weighted by Gasteiger charge is -2.40. The predicted molar refractivity (Wildman–Crippen MR) is 132 cm³/mol. The average molecular weight is 465 g/mol. The summed E-state index contributed by atoms with van der Waals surface area (Å²) >= 11 is 0. The number of benzene rings is 3. The molecule has 0 bridgehead atoms. The Balaban J connectivity index is 1.49. The van der Waals surface area contributed by atoms with Gasteiger partial charge in [0.25, 0.3) is 5.91 Å². The summed E-state index contributed by atoms with van der Waals surface area (Å²) in [5.41, 5.74) is 3.52. The van der Waals surface area contributed by atoms with Gasteiger partial charge in [0.1, 0.15) is 0 Å². The molecular formula is C27H30F2N4O. The van der Waals surface area contributed by atoms with Crippen LogP contribution in [0.15, 0.2) is 72.8 Å². The van der Waals surface area contributed by atoms with E-state index in [4.69, 9.17) is 0 Å². The fourth-order valence-corrected chi connectivity index (χ4v) is 4.31. The zero-order valence-corrected chi connectivity index (χ0v) is 19.5. The molecule has 3 aromatic carbocycles. The van der Waals surface area contributed by atoms with Gasteiger partial charge in [0.15, 0.2) is 11.6 Å². The second kappa shape index (κ2) is 10.7. The summed E-state index contributed by atoms with van der Waals surface area (Å²) in [6.45, 7) is 3.82. The fraction of sp³-hybridized carbons (Fsp3) is 0.296. The Hall–Kier alpha value is -3.45. The molecule has 1 heterocycles. The Labute approximate surface area is 199 Å². The molecule has 1 atom stereocenters. The van der Waals surface area contributed by atoms with Crippen molar-refractivity contribution in [3.63, 3.8) is 0 Å². The highest BCUT2D eigenvalue weighted by molar-refractivity contribution is 5.94. The summed E-state index contributed by atoms with van der Waals surface area (Å²) in [5.74, 6) is -2.41. The number of piperazine rings is 1. The number of para-hydroxylation sites is 1. The van der Waals surface area contributed by atoms with Crippen LogP contribution in [0.2, 0.25) is 0 Å². The molecule has 1 aliphatic rings. The van der Waals surface area contributed by atoms with Crippen LogP contribution >= 0.6 is 0 Å². The summed E-state index contributed by atoms with van der Waals surface area (Å²) in [6, 6.07) is 21.8. The maximum absolute atomic E-state index is 13.6. The van der Waals surface area contributed by atoms with Crippen LogP contribution in [0, 0.1) is 11.6 Å². The smallest absolute Gasteiger partial charge is 0.251 e. The Morgan fingerprint density at radius 1 is 0.912 bits per heavy atom. The van der Waals surface area contributed by atoms with Gasteiger partial charge in [-0.05, 0) is 48.0 Å². The van der Waals surface area contributed by atoms with E-state index in [-0.39, 0.29) is 11.6 Å². The average Bonchev–Trinajstić information content (AvgIpc) is 2.87. The molecule has 0 spiro atoms. The van der Waals surface area contributed by atoms with Crippen LogP contribution < -0.4 is 15.1 Å². The molecule has 1 saturated heterocycles. The Kier molecular flexibility index (Phi) is 7.43. The minimum atomic E-state index is -1.03. The first-order valence-electron chi connectivity index (χ1n) is 11.5. The first-order valence-corrected chi connectivity index (χ1v) is 11.5. The lowest BCUT2D eigenvalue weighted by Crippen LogP contribution is -2.50. The van der Waals surface area contributed by atoms with Gasteiger partial charge < -0.3 is 15.1 Å². The summed E-state index contributed by atoms with van der Waals surface area (Å²) in [6.07, 6.45) is 0. The SMILES string of the molecule is CN(C)c1ccc([C@@H](CNC(=O)c2ccc(F)c(F)c2)N2CCN(c3ccccc3)CC2)cc1. The van der Waals surface area contributed by atoms with E-state index in [1.165, 1.54) is 11.8 Å². The fourth-order valence-electron chi connectivity index (χ4n) is 4.31. The lowest BCUT2D eigenvalue weighted by atomic mass is 10.0. The van der Waals surface area contributed by atoms with Gasteiger partial charge in [-0.25, -0.2) is 8.78 Å². The first-order chi connectivity index (χ1) is 16.4. The van der Waals surface area contributed by atoms with Crippen LogP contribution in [0.5, 0.6) is 0 Å². The van der Waals surface area contributed by atoms with E-state index in [0.717, 1.165) is 49.6 Å². The number of halogens is 2. The van der Waals surface area contributed by atoms with Crippen LogP contribution in [0.25, 0.3) is 0 Å². The first kappa shape index (κ1) is 23.7. The molecule has 0 aliphatic carbocycles. The highest BCUT2D eigenvalue weighted by Crippen LogP contribution is 2.26. The van der Waals surface area contributed by atoms with E-state index in [1.54, 1.807) is 0 Å². The third kappa shape index (κ3) is 5.54. The number of rotatable bonds is 7. The van der Waals surface area contributed by atoms with Crippen molar-refractivity contribution >= 4 is 17.3 Å². The molecule has 1 aliphatic heterocycles. The van der Waals surface area contributed by atoms with Gasteiger partial charge in [-0.2, -0.15) is 0 Å². The van der Waals surface area contributed by atoms with Gasteiger partial charge in [0.05, 0.1) is 6.04 Å². The molecule has 1 N–H and O–H groups in total. The molecule has 0 saturated carbocycles. The summed E-state index contributed by atoms with van der Waals surface area (Å²) in [4.78, 5) is 19.5. The Bertz CT molecular complexity index is 1100. The van der Waals surface area contributed by atoms with Gasteiger partial charge in [0, 0.05) is 63.8 Å². The van der Waals surface area contributed by atoms with Crippen LogP contribution in [0.1, 0.15) is 22.0 Å². The molecule has 1 fully saturated rings. The molecule has 0 unspecified atom stereocenters. The van der Waals surface area contributed by atoms with Crippen molar-refractivity contribution < 1.29 is 13.6 Å². The maximum atomic E-state index is 13.6. The zero-order valence-electron chi connectivity index (χ0n) is 19.5. The summed E-state index contributed by atoms with van der Waals surface area (Å²) in [5, 5.41) is 2.93. The maximum Gasteiger partial charge on any atom is 0.251 e. The minimum absolute atomic E-state index is 0.0385. The second-order valence-corrected chi connectivity index (χ2v) is 8.70. The third-order valence-corrected chi connectivity index (χ3v) is 6.31. The van der Waals surface area contributed by atoms with Crippen molar-refractivity contribution in [2.45, 2.75) is 6.04 Å². The molecule has 178 valence electrons. The van der Waals surface area contributed by atoms with E-state index < -0.39 is 17.5 Å². The highest BCUT2D eigenvalue weighted by Gasteiger charge is 2.26. The van der Waals surface area contributed by atoms with Crippen molar-refractivity contribution in [3.8, 4) is 0 Å². The van der Waals surface area contributed by atoms with E-state index in [9.17, 15) is 13.6 Å². The van der Waals surface area contributed by atoms with E-state index in [2.05, 4.69) is 51.5 Å². The predicted octanol–water partition coefficient (Wildman–Crippen LogP) is 4.32. The molecule has 3 aromatic rings. The molecule has 5 nitrogen and oxygen atoms in total. The molecule has 0 aromatic heterocycles. The van der Waals surface area contributed by atoms with E-state index in [0.29, 0.717) is 6.54 Å². The van der Waals surface area contributed by atoms with Gasteiger partial charge in [-0.15, -0.1) is 0 Å².